The summed E-state index contributed by atoms with van der Waals surface area (Å²) in [5.74, 6) is 2.87. The molecule has 4 rings (SSSR count). The molecule has 1 unspecified atom stereocenters. The summed E-state index contributed by atoms with van der Waals surface area (Å²) in [5.41, 5.74) is 8.28. The summed E-state index contributed by atoms with van der Waals surface area (Å²) >= 11 is 6.08. The summed E-state index contributed by atoms with van der Waals surface area (Å²) < 4.78 is 11.4. The van der Waals surface area contributed by atoms with E-state index in [2.05, 4.69) is 39.1 Å². The lowest BCUT2D eigenvalue weighted by atomic mass is 9.88. The monoisotopic (exact) mass is 426 g/mol. The zero-order valence-electron chi connectivity index (χ0n) is 16.8. The maximum Gasteiger partial charge on any atom is 0.257 e. The van der Waals surface area contributed by atoms with Gasteiger partial charge in [-0.2, -0.15) is 0 Å². The van der Waals surface area contributed by atoms with Crippen LogP contribution in [0.2, 0.25) is 5.02 Å². The standard InChI is InChI=1S/C21H23ClN6O2/c1-12(13(2)15-3-4-24-21-19(15)29-5-6-30-21)9-25-18-8-17(27-11-28-18)14-7-16(22)20(23)26-10-14/h3-4,7-8,10-13H,5-6,9H2,1-2H3,(H2,23,26)(H,25,27,28)/t12-,13?/m1/s1. The van der Waals surface area contributed by atoms with Crippen LogP contribution in [-0.4, -0.2) is 39.7 Å². The third kappa shape index (κ3) is 4.23. The van der Waals surface area contributed by atoms with Crippen LogP contribution in [0.4, 0.5) is 11.6 Å². The van der Waals surface area contributed by atoms with Gasteiger partial charge in [0.05, 0.1) is 10.7 Å². The molecule has 0 fully saturated rings. The molecule has 1 aliphatic heterocycles. The normalized spacial score (nSPS) is 14.8. The lowest BCUT2D eigenvalue weighted by molar-refractivity contribution is 0.161. The first kappa shape index (κ1) is 20.2. The van der Waals surface area contributed by atoms with Crippen LogP contribution < -0.4 is 20.5 Å². The smallest absolute Gasteiger partial charge is 0.257 e. The van der Waals surface area contributed by atoms with E-state index in [1.54, 1.807) is 18.5 Å². The van der Waals surface area contributed by atoms with E-state index < -0.39 is 0 Å². The van der Waals surface area contributed by atoms with Crippen molar-refractivity contribution in [1.29, 1.82) is 0 Å². The van der Waals surface area contributed by atoms with Gasteiger partial charge in [-0.15, -0.1) is 0 Å². The fourth-order valence-corrected chi connectivity index (χ4v) is 3.45. The van der Waals surface area contributed by atoms with Gasteiger partial charge in [0.25, 0.3) is 5.88 Å². The summed E-state index contributed by atoms with van der Waals surface area (Å²) in [6, 6.07) is 5.61. The average molecular weight is 427 g/mol. The maximum atomic E-state index is 6.08. The predicted octanol–water partition coefficient (Wildman–Crippen LogP) is 3.79. The van der Waals surface area contributed by atoms with E-state index >= 15 is 0 Å². The molecule has 156 valence electrons. The van der Waals surface area contributed by atoms with Gasteiger partial charge in [-0.3, -0.25) is 0 Å². The number of nitrogens with zero attached hydrogens (tertiary/aromatic N) is 4. The number of hydrogen-bond acceptors (Lipinski definition) is 8. The second-order valence-corrected chi connectivity index (χ2v) is 7.66. The predicted molar refractivity (Wildman–Crippen MR) is 116 cm³/mol. The Morgan fingerprint density at radius 1 is 1.13 bits per heavy atom. The second kappa shape index (κ2) is 8.71. The first-order chi connectivity index (χ1) is 14.5. The van der Waals surface area contributed by atoms with E-state index in [4.69, 9.17) is 26.8 Å². The first-order valence-corrected chi connectivity index (χ1v) is 10.1. The van der Waals surface area contributed by atoms with Crippen molar-refractivity contribution in [2.75, 3.05) is 30.8 Å². The maximum absolute atomic E-state index is 6.08. The van der Waals surface area contributed by atoms with Crippen molar-refractivity contribution in [3.63, 3.8) is 0 Å². The first-order valence-electron chi connectivity index (χ1n) is 9.74. The number of nitrogen functional groups attached to an aromatic ring is 1. The van der Waals surface area contributed by atoms with Gasteiger partial charge in [-0.1, -0.05) is 25.4 Å². The van der Waals surface area contributed by atoms with Crippen molar-refractivity contribution in [2.24, 2.45) is 5.92 Å². The van der Waals surface area contributed by atoms with E-state index in [1.165, 1.54) is 6.33 Å². The van der Waals surface area contributed by atoms with E-state index in [9.17, 15) is 0 Å². The Morgan fingerprint density at radius 2 is 1.97 bits per heavy atom. The molecule has 0 saturated carbocycles. The fraction of sp³-hybridized carbons (Fsp3) is 0.333. The largest absolute Gasteiger partial charge is 0.484 e. The van der Waals surface area contributed by atoms with Gasteiger partial charge in [0.1, 0.15) is 31.2 Å². The number of anilines is 2. The Morgan fingerprint density at radius 3 is 2.80 bits per heavy atom. The van der Waals surface area contributed by atoms with Gasteiger partial charge in [0.2, 0.25) is 0 Å². The lowest BCUT2D eigenvalue weighted by Gasteiger charge is -2.26. The van der Waals surface area contributed by atoms with Crippen molar-refractivity contribution >= 4 is 23.2 Å². The van der Waals surface area contributed by atoms with E-state index in [0.717, 1.165) is 34.9 Å². The minimum Gasteiger partial charge on any atom is -0.484 e. The Hall–Kier alpha value is -3.13. The molecule has 0 amide bonds. The highest BCUT2D eigenvalue weighted by Gasteiger charge is 2.24. The molecule has 0 saturated heterocycles. The van der Waals surface area contributed by atoms with Crippen LogP contribution in [0, 0.1) is 5.92 Å². The third-order valence-electron chi connectivity index (χ3n) is 5.25. The Bertz CT molecular complexity index is 1050. The molecular formula is C21H23ClN6O2. The molecule has 3 N–H and O–H groups in total. The summed E-state index contributed by atoms with van der Waals surface area (Å²) in [7, 11) is 0. The summed E-state index contributed by atoms with van der Waals surface area (Å²) in [6.07, 6.45) is 4.93. The number of halogens is 1. The summed E-state index contributed by atoms with van der Waals surface area (Å²) in [6.45, 7) is 6.14. The molecule has 2 atom stereocenters. The average Bonchev–Trinajstić information content (AvgIpc) is 2.78. The van der Waals surface area contributed by atoms with Crippen molar-refractivity contribution < 1.29 is 9.47 Å². The summed E-state index contributed by atoms with van der Waals surface area (Å²) in [5, 5.41) is 3.79. The zero-order chi connectivity index (χ0) is 21.1. The Labute approximate surface area is 179 Å². The molecule has 30 heavy (non-hydrogen) atoms. The van der Waals surface area contributed by atoms with E-state index in [1.807, 2.05) is 12.1 Å². The number of nitrogens with one attached hydrogen (secondary N) is 1. The Balaban J connectivity index is 1.45. The van der Waals surface area contributed by atoms with Crippen LogP contribution in [0.5, 0.6) is 11.6 Å². The van der Waals surface area contributed by atoms with Crippen LogP contribution in [0.3, 0.4) is 0 Å². The molecule has 1 aliphatic rings. The molecule has 0 spiro atoms. The lowest BCUT2D eigenvalue weighted by Crippen LogP contribution is -2.21. The fourth-order valence-electron chi connectivity index (χ4n) is 3.28. The van der Waals surface area contributed by atoms with E-state index in [-0.39, 0.29) is 5.92 Å². The molecule has 3 aromatic heterocycles. The molecular weight excluding hydrogens is 404 g/mol. The number of nitrogens with two attached hydrogens (primary N) is 1. The minimum absolute atomic E-state index is 0.234. The molecule has 3 aromatic rings. The van der Waals surface area contributed by atoms with Crippen LogP contribution >= 0.6 is 11.6 Å². The van der Waals surface area contributed by atoms with Crippen molar-refractivity contribution in [3.8, 4) is 22.9 Å². The van der Waals surface area contributed by atoms with Crippen LogP contribution in [0.25, 0.3) is 11.3 Å². The van der Waals surface area contributed by atoms with Gasteiger partial charge in [-0.25, -0.2) is 19.9 Å². The molecule has 8 nitrogen and oxygen atoms in total. The summed E-state index contributed by atoms with van der Waals surface area (Å²) in [4.78, 5) is 17.0. The number of aromatic nitrogens is 4. The van der Waals surface area contributed by atoms with Gasteiger partial charge < -0.3 is 20.5 Å². The highest BCUT2D eigenvalue weighted by Crippen LogP contribution is 2.38. The molecule has 0 aliphatic carbocycles. The molecule has 0 bridgehead atoms. The minimum atomic E-state index is 0.234. The van der Waals surface area contributed by atoms with Crippen LogP contribution in [0.15, 0.2) is 36.9 Å². The van der Waals surface area contributed by atoms with Gasteiger partial charge >= 0.3 is 0 Å². The van der Waals surface area contributed by atoms with Crippen LogP contribution in [-0.2, 0) is 0 Å². The number of rotatable bonds is 6. The number of pyridine rings is 2. The third-order valence-corrected chi connectivity index (χ3v) is 5.56. The topological polar surface area (TPSA) is 108 Å². The zero-order valence-corrected chi connectivity index (χ0v) is 17.6. The highest BCUT2D eigenvalue weighted by atomic mass is 35.5. The molecule has 0 radical (unpaired) electrons. The van der Waals surface area contributed by atoms with Crippen molar-refractivity contribution in [3.05, 3.63) is 47.5 Å². The van der Waals surface area contributed by atoms with Crippen LogP contribution in [0.1, 0.15) is 25.3 Å². The van der Waals surface area contributed by atoms with Gasteiger partial charge in [-0.05, 0) is 24.0 Å². The second-order valence-electron chi connectivity index (χ2n) is 7.26. The van der Waals surface area contributed by atoms with Gasteiger partial charge in [0, 0.05) is 36.1 Å². The molecule has 9 heteroatoms. The van der Waals surface area contributed by atoms with Gasteiger partial charge in [0.15, 0.2) is 5.75 Å². The quantitative estimate of drug-likeness (QED) is 0.612. The Kier molecular flexibility index (Phi) is 5.85. The molecule has 0 aromatic carbocycles. The number of hydrogen-bond donors (Lipinski definition) is 2. The molecule has 4 heterocycles. The SMILES string of the molecule is CC(c1ccnc2c1OCCO2)[C@H](C)CNc1cc(-c2cnc(N)c(Cl)c2)ncn1. The highest BCUT2D eigenvalue weighted by molar-refractivity contribution is 6.33. The van der Waals surface area contributed by atoms with E-state index in [0.29, 0.717) is 35.9 Å². The van der Waals surface area contributed by atoms with Crippen molar-refractivity contribution in [1.82, 2.24) is 19.9 Å². The number of ether oxygens (including phenoxy) is 2. The van der Waals surface area contributed by atoms with Crippen molar-refractivity contribution in [2.45, 2.75) is 19.8 Å². The number of fused-ring (bicyclic) bond motifs is 1.